The third kappa shape index (κ3) is 4.33. The van der Waals surface area contributed by atoms with Crippen LogP contribution in [-0.4, -0.2) is 45.3 Å². The van der Waals surface area contributed by atoms with Crippen molar-refractivity contribution in [2.45, 2.75) is 37.2 Å². The number of sulfonamides is 1. The third-order valence-corrected chi connectivity index (χ3v) is 4.44. The summed E-state index contributed by atoms with van der Waals surface area (Å²) in [4.78, 5) is 19.0. The fourth-order valence-corrected chi connectivity index (χ4v) is 2.92. The second kappa shape index (κ2) is 6.84. The van der Waals surface area contributed by atoms with Crippen LogP contribution in [0.4, 0.5) is 0 Å². The second-order valence-corrected chi connectivity index (χ2v) is 6.85. The summed E-state index contributed by atoms with van der Waals surface area (Å²) in [5.41, 5.74) is 0. The van der Waals surface area contributed by atoms with Crippen LogP contribution in [0.1, 0.15) is 25.7 Å². The van der Waals surface area contributed by atoms with Gasteiger partial charge in [0.25, 0.3) is 0 Å². The van der Waals surface area contributed by atoms with Crippen molar-refractivity contribution in [3.8, 4) is 0 Å². The Balaban J connectivity index is 2.19. The van der Waals surface area contributed by atoms with Gasteiger partial charge in [-0.05, 0) is 19.9 Å². The zero-order chi connectivity index (χ0) is 17.0. The minimum atomic E-state index is -4.01. The molecule has 0 spiro atoms. The molecule has 1 atom stereocenters. The predicted molar refractivity (Wildman–Crippen MR) is 80.1 cm³/mol. The first-order chi connectivity index (χ1) is 10.8. The van der Waals surface area contributed by atoms with Gasteiger partial charge in [-0.15, -0.1) is 0 Å². The molecule has 0 aromatic carbocycles. The number of hydrogen-bond donors (Lipinski definition) is 2. The molecule has 1 unspecified atom stereocenters. The highest BCUT2D eigenvalue weighted by atomic mass is 32.2. The number of aliphatic carboxylic acids is 1. The summed E-state index contributed by atoms with van der Waals surface area (Å²) in [6, 6.07) is 0.209. The van der Waals surface area contributed by atoms with E-state index >= 15 is 0 Å². The summed E-state index contributed by atoms with van der Waals surface area (Å²) >= 11 is 0. The molecular weight excluding hydrogens is 322 g/mol. The van der Waals surface area contributed by atoms with E-state index in [1.54, 1.807) is 6.07 Å². The average Bonchev–Trinajstić information content (AvgIpc) is 2.98. The van der Waals surface area contributed by atoms with Crippen LogP contribution in [0.5, 0.6) is 0 Å². The SMILES string of the molecule is CC(C)n1cc(S(=O)(=O)NC(Cc2ncccn2)C(=O)O)cn1. The number of carbonyl (C=O) groups is 1. The Morgan fingerprint density at radius 2 is 2.00 bits per heavy atom. The normalized spacial score (nSPS) is 13.2. The van der Waals surface area contributed by atoms with Gasteiger partial charge in [-0.2, -0.15) is 9.82 Å². The molecule has 0 aliphatic carbocycles. The average molecular weight is 339 g/mol. The quantitative estimate of drug-likeness (QED) is 0.739. The highest BCUT2D eigenvalue weighted by Crippen LogP contribution is 2.12. The third-order valence-electron chi connectivity index (χ3n) is 3.02. The molecule has 23 heavy (non-hydrogen) atoms. The maximum absolute atomic E-state index is 12.3. The second-order valence-electron chi connectivity index (χ2n) is 5.13. The van der Waals surface area contributed by atoms with Crippen LogP contribution >= 0.6 is 0 Å². The molecule has 0 saturated carbocycles. The Morgan fingerprint density at radius 3 is 2.52 bits per heavy atom. The van der Waals surface area contributed by atoms with Crippen LogP contribution in [0.25, 0.3) is 0 Å². The van der Waals surface area contributed by atoms with E-state index in [9.17, 15) is 18.3 Å². The molecule has 0 amide bonds. The van der Waals surface area contributed by atoms with E-state index in [2.05, 4.69) is 19.8 Å². The van der Waals surface area contributed by atoms with E-state index < -0.39 is 22.0 Å². The zero-order valence-corrected chi connectivity index (χ0v) is 13.4. The first-order valence-corrected chi connectivity index (χ1v) is 8.33. The molecular formula is C13H17N5O4S. The molecule has 2 rings (SSSR count). The van der Waals surface area contributed by atoms with Crippen molar-refractivity contribution in [2.24, 2.45) is 0 Å². The molecule has 2 aromatic rings. The molecule has 2 aromatic heterocycles. The van der Waals surface area contributed by atoms with Crippen molar-refractivity contribution in [3.63, 3.8) is 0 Å². The van der Waals surface area contributed by atoms with E-state index in [1.165, 1.54) is 29.5 Å². The molecule has 9 nitrogen and oxygen atoms in total. The molecule has 0 bridgehead atoms. The van der Waals surface area contributed by atoms with E-state index in [-0.39, 0.29) is 23.2 Å². The van der Waals surface area contributed by atoms with Crippen molar-refractivity contribution in [2.75, 3.05) is 0 Å². The molecule has 0 aliphatic heterocycles. The summed E-state index contributed by atoms with van der Waals surface area (Å²) in [6.45, 7) is 3.70. The summed E-state index contributed by atoms with van der Waals surface area (Å²) < 4.78 is 28.2. The topological polar surface area (TPSA) is 127 Å². The fraction of sp³-hybridized carbons (Fsp3) is 0.385. The molecule has 0 fully saturated rings. The van der Waals surface area contributed by atoms with Crippen molar-refractivity contribution in [3.05, 3.63) is 36.7 Å². The van der Waals surface area contributed by atoms with Gasteiger partial charge >= 0.3 is 5.97 Å². The number of rotatable bonds is 7. The van der Waals surface area contributed by atoms with Crippen LogP contribution in [0.2, 0.25) is 0 Å². The first kappa shape index (κ1) is 17.0. The highest BCUT2D eigenvalue weighted by molar-refractivity contribution is 7.89. The molecule has 2 heterocycles. The van der Waals surface area contributed by atoms with Gasteiger partial charge < -0.3 is 5.11 Å². The standard InChI is InChI=1S/C13H17N5O4S/c1-9(2)18-8-10(7-16-18)23(21,22)17-11(13(19)20)6-12-14-4-3-5-15-12/h3-5,7-9,11,17H,6H2,1-2H3,(H,19,20). The number of carboxylic acids is 1. The minimum absolute atomic E-state index is 0.00746. The smallest absolute Gasteiger partial charge is 0.322 e. The van der Waals surface area contributed by atoms with Crippen molar-refractivity contribution in [1.29, 1.82) is 0 Å². The maximum atomic E-state index is 12.3. The van der Waals surface area contributed by atoms with Crippen LogP contribution in [-0.2, 0) is 21.2 Å². The predicted octanol–water partition coefficient (Wildman–Crippen LogP) is 0.228. The first-order valence-electron chi connectivity index (χ1n) is 6.85. The van der Waals surface area contributed by atoms with Gasteiger partial charge in [0.05, 0.1) is 6.20 Å². The van der Waals surface area contributed by atoms with Gasteiger partial charge in [0.2, 0.25) is 10.0 Å². The molecule has 0 aliphatic rings. The number of nitrogens with one attached hydrogen (secondary N) is 1. The maximum Gasteiger partial charge on any atom is 0.322 e. The van der Waals surface area contributed by atoms with E-state index in [4.69, 9.17) is 0 Å². The lowest BCUT2D eigenvalue weighted by Gasteiger charge is -2.13. The monoisotopic (exact) mass is 339 g/mol. The molecule has 124 valence electrons. The molecule has 2 N–H and O–H groups in total. The van der Waals surface area contributed by atoms with Crippen LogP contribution in [0, 0.1) is 0 Å². The lowest BCUT2D eigenvalue weighted by molar-refractivity contribution is -0.138. The molecule has 0 saturated heterocycles. The van der Waals surface area contributed by atoms with Crippen LogP contribution in [0.15, 0.2) is 35.7 Å². The van der Waals surface area contributed by atoms with E-state index in [1.807, 2.05) is 13.8 Å². The Morgan fingerprint density at radius 1 is 1.35 bits per heavy atom. The fourth-order valence-electron chi connectivity index (χ4n) is 1.79. The molecule has 0 radical (unpaired) electrons. The van der Waals surface area contributed by atoms with Gasteiger partial charge in [-0.25, -0.2) is 18.4 Å². The Labute approximate surface area is 133 Å². The largest absolute Gasteiger partial charge is 0.480 e. The number of carboxylic acid groups (broad SMARTS) is 1. The summed E-state index contributed by atoms with van der Waals surface area (Å²) in [5, 5.41) is 13.2. The number of aromatic nitrogens is 4. The summed E-state index contributed by atoms with van der Waals surface area (Å²) in [6.07, 6.45) is 5.30. The number of hydrogen-bond acceptors (Lipinski definition) is 6. The molecule has 10 heteroatoms. The van der Waals surface area contributed by atoms with E-state index in [0.717, 1.165) is 0 Å². The minimum Gasteiger partial charge on any atom is -0.480 e. The highest BCUT2D eigenvalue weighted by Gasteiger charge is 2.27. The summed E-state index contributed by atoms with van der Waals surface area (Å²) in [7, 11) is -4.01. The van der Waals surface area contributed by atoms with Gasteiger partial charge in [-0.1, -0.05) is 0 Å². The van der Waals surface area contributed by atoms with E-state index in [0.29, 0.717) is 0 Å². The Bertz CT molecular complexity index is 773. The van der Waals surface area contributed by atoms with Gasteiger partial charge in [0.15, 0.2) is 0 Å². The van der Waals surface area contributed by atoms with Crippen molar-refractivity contribution < 1.29 is 18.3 Å². The van der Waals surface area contributed by atoms with Crippen molar-refractivity contribution in [1.82, 2.24) is 24.5 Å². The summed E-state index contributed by atoms with van der Waals surface area (Å²) in [5.74, 6) is -1.07. The lowest BCUT2D eigenvalue weighted by Crippen LogP contribution is -2.42. The van der Waals surface area contributed by atoms with Gasteiger partial charge in [-0.3, -0.25) is 9.48 Å². The van der Waals surface area contributed by atoms with Crippen LogP contribution < -0.4 is 4.72 Å². The Kier molecular flexibility index (Phi) is 5.06. The Hall–Kier alpha value is -2.33. The van der Waals surface area contributed by atoms with Crippen LogP contribution in [0.3, 0.4) is 0 Å². The lowest BCUT2D eigenvalue weighted by atomic mass is 10.2. The van der Waals surface area contributed by atoms with Gasteiger partial charge in [0, 0.05) is 31.1 Å². The van der Waals surface area contributed by atoms with Gasteiger partial charge in [0.1, 0.15) is 16.8 Å². The zero-order valence-electron chi connectivity index (χ0n) is 12.6. The number of nitrogens with zero attached hydrogens (tertiary/aromatic N) is 4. The van der Waals surface area contributed by atoms with Crippen molar-refractivity contribution >= 4 is 16.0 Å².